The second kappa shape index (κ2) is 6.76. The van der Waals surface area contributed by atoms with Crippen LogP contribution in [0, 0.1) is 18.8 Å². The monoisotopic (exact) mass is 279 g/mol. The van der Waals surface area contributed by atoms with Gasteiger partial charge in [-0.25, -0.2) is 0 Å². The van der Waals surface area contributed by atoms with Crippen LogP contribution >= 0.6 is 11.6 Å². The lowest BCUT2D eigenvalue weighted by molar-refractivity contribution is 0.204. The van der Waals surface area contributed by atoms with E-state index in [9.17, 15) is 0 Å². The Morgan fingerprint density at radius 3 is 2.68 bits per heavy atom. The number of hydrogen-bond donors (Lipinski definition) is 1. The first kappa shape index (κ1) is 14.9. The van der Waals surface area contributed by atoms with E-state index in [1.54, 1.807) is 0 Å². The fourth-order valence-electron chi connectivity index (χ4n) is 3.31. The van der Waals surface area contributed by atoms with Crippen LogP contribution in [0.5, 0.6) is 0 Å². The Labute approximate surface area is 122 Å². The van der Waals surface area contributed by atoms with Crippen molar-refractivity contribution in [2.75, 3.05) is 0 Å². The predicted octanol–water partition coefficient (Wildman–Crippen LogP) is 4.95. The summed E-state index contributed by atoms with van der Waals surface area (Å²) in [6.45, 7) is 7.83. The zero-order chi connectivity index (χ0) is 13.8. The quantitative estimate of drug-likeness (QED) is 0.822. The SMILES string of the molecule is Cc1cc(Cl)ccc1CNC1CCCCC1C(C)C. The van der Waals surface area contributed by atoms with Crippen molar-refractivity contribution in [3.05, 3.63) is 34.3 Å². The maximum absolute atomic E-state index is 6.01. The van der Waals surface area contributed by atoms with Crippen molar-refractivity contribution in [1.82, 2.24) is 5.32 Å². The lowest BCUT2D eigenvalue weighted by atomic mass is 9.78. The van der Waals surface area contributed by atoms with Gasteiger partial charge in [-0.2, -0.15) is 0 Å². The van der Waals surface area contributed by atoms with Gasteiger partial charge in [-0.05, 0) is 54.9 Å². The van der Waals surface area contributed by atoms with E-state index in [4.69, 9.17) is 11.6 Å². The highest BCUT2D eigenvalue weighted by Crippen LogP contribution is 2.30. The molecule has 0 aromatic heterocycles. The van der Waals surface area contributed by atoms with E-state index in [2.05, 4.69) is 38.2 Å². The van der Waals surface area contributed by atoms with Crippen molar-refractivity contribution in [1.29, 1.82) is 0 Å². The Kier molecular flexibility index (Phi) is 5.29. The van der Waals surface area contributed by atoms with Gasteiger partial charge in [0, 0.05) is 17.6 Å². The van der Waals surface area contributed by atoms with Gasteiger partial charge in [-0.3, -0.25) is 0 Å². The third kappa shape index (κ3) is 3.97. The number of halogens is 1. The number of nitrogens with one attached hydrogen (secondary N) is 1. The van der Waals surface area contributed by atoms with Crippen LogP contribution in [0.3, 0.4) is 0 Å². The maximum Gasteiger partial charge on any atom is 0.0408 e. The fourth-order valence-corrected chi connectivity index (χ4v) is 3.54. The van der Waals surface area contributed by atoms with E-state index in [0.717, 1.165) is 23.4 Å². The topological polar surface area (TPSA) is 12.0 Å². The Morgan fingerprint density at radius 1 is 1.26 bits per heavy atom. The molecule has 0 amide bonds. The van der Waals surface area contributed by atoms with Gasteiger partial charge in [0.05, 0.1) is 0 Å². The van der Waals surface area contributed by atoms with Crippen molar-refractivity contribution in [3.8, 4) is 0 Å². The van der Waals surface area contributed by atoms with Gasteiger partial charge in [0.25, 0.3) is 0 Å². The minimum absolute atomic E-state index is 0.684. The smallest absolute Gasteiger partial charge is 0.0408 e. The Bertz CT molecular complexity index is 414. The van der Waals surface area contributed by atoms with E-state index in [-0.39, 0.29) is 0 Å². The van der Waals surface area contributed by atoms with Gasteiger partial charge in [0.1, 0.15) is 0 Å². The lowest BCUT2D eigenvalue weighted by Gasteiger charge is -2.35. The minimum atomic E-state index is 0.684. The summed E-state index contributed by atoms with van der Waals surface area (Å²) in [4.78, 5) is 0. The first-order valence-corrected chi connectivity index (χ1v) is 7.94. The molecule has 1 nitrogen and oxygen atoms in total. The molecular formula is C17H26ClN. The van der Waals surface area contributed by atoms with Gasteiger partial charge in [-0.15, -0.1) is 0 Å². The standard InChI is InChI=1S/C17H26ClN/c1-12(2)16-6-4-5-7-17(16)19-11-14-8-9-15(18)10-13(14)3/h8-10,12,16-17,19H,4-7,11H2,1-3H3. The predicted molar refractivity (Wildman–Crippen MR) is 83.6 cm³/mol. The highest BCUT2D eigenvalue weighted by Gasteiger charge is 2.26. The molecule has 1 aliphatic carbocycles. The molecule has 1 aromatic carbocycles. The lowest BCUT2D eigenvalue weighted by Crippen LogP contribution is -2.40. The Hall–Kier alpha value is -0.530. The van der Waals surface area contributed by atoms with Gasteiger partial charge in [0.15, 0.2) is 0 Å². The number of benzene rings is 1. The molecule has 1 saturated carbocycles. The summed E-state index contributed by atoms with van der Waals surface area (Å²) in [6, 6.07) is 6.88. The normalized spacial score (nSPS) is 23.8. The van der Waals surface area contributed by atoms with Gasteiger partial charge in [-0.1, -0.05) is 44.4 Å². The molecule has 1 N–H and O–H groups in total. The third-order valence-corrected chi connectivity index (χ3v) is 4.77. The minimum Gasteiger partial charge on any atom is -0.310 e. The third-order valence-electron chi connectivity index (χ3n) is 4.54. The summed E-state index contributed by atoms with van der Waals surface area (Å²) < 4.78 is 0. The molecule has 2 heteroatoms. The van der Waals surface area contributed by atoms with Crippen molar-refractivity contribution >= 4 is 11.6 Å². The van der Waals surface area contributed by atoms with Crippen LogP contribution in [-0.4, -0.2) is 6.04 Å². The van der Waals surface area contributed by atoms with Crippen LogP contribution in [0.25, 0.3) is 0 Å². The van der Waals surface area contributed by atoms with E-state index >= 15 is 0 Å². The molecule has 0 heterocycles. The van der Waals surface area contributed by atoms with Crippen molar-refractivity contribution in [3.63, 3.8) is 0 Å². The molecule has 0 radical (unpaired) electrons. The maximum atomic E-state index is 6.01. The highest BCUT2D eigenvalue weighted by atomic mass is 35.5. The Morgan fingerprint density at radius 2 is 2.00 bits per heavy atom. The molecule has 1 fully saturated rings. The molecule has 0 aliphatic heterocycles. The summed E-state index contributed by atoms with van der Waals surface area (Å²) >= 11 is 6.01. The number of rotatable bonds is 4. The first-order valence-electron chi connectivity index (χ1n) is 7.56. The fraction of sp³-hybridized carbons (Fsp3) is 0.647. The van der Waals surface area contributed by atoms with Gasteiger partial charge >= 0.3 is 0 Å². The van der Waals surface area contributed by atoms with Crippen LogP contribution in [0.15, 0.2) is 18.2 Å². The van der Waals surface area contributed by atoms with Crippen molar-refractivity contribution in [2.45, 2.75) is 59.0 Å². The van der Waals surface area contributed by atoms with Crippen molar-refractivity contribution < 1.29 is 0 Å². The van der Waals surface area contributed by atoms with Gasteiger partial charge < -0.3 is 5.32 Å². The summed E-state index contributed by atoms with van der Waals surface area (Å²) in [5.41, 5.74) is 2.66. The largest absolute Gasteiger partial charge is 0.310 e. The highest BCUT2D eigenvalue weighted by molar-refractivity contribution is 6.30. The molecule has 2 atom stereocenters. The average molecular weight is 280 g/mol. The van der Waals surface area contributed by atoms with E-state index in [1.807, 2.05) is 6.07 Å². The average Bonchev–Trinajstić information content (AvgIpc) is 2.38. The zero-order valence-electron chi connectivity index (χ0n) is 12.4. The second-order valence-electron chi connectivity index (χ2n) is 6.25. The molecule has 1 aromatic rings. The van der Waals surface area contributed by atoms with E-state index < -0.39 is 0 Å². The molecule has 0 spiro atoms. The summed E-state index contributed by atoms with van der Waals surface area (Å²) in [5.74, 6) is 1.62. The summed E-state index contributed by atoms with van der Waals surface area (Å²) in [6.07, 6.45) is 5.49. The van der Waals surface area contributed by atoms with Crippen LogP contribution in [-0.2, 0) is 6.54 Å². The van der Waals surface area contributed by atoms with Gasteiger partial charge in [0.2, 0.25) is 0 Å². The van der Waals surface area contributed by atoms with E-state index in [1.165, 1.54) is 36.8 Å². The van der Waals surface area contributed by atoms with Crippen LogP contribution in [0.2, 0.25) is 5.02 Å². The molecule has 19 heavy (non-hydrogen) atoms. The Balaban J connectivity index is 1.96. The van der Waals surface area contributed by atoms with Crippen LogP contribution in [0.1, 0.15) is 50.7 Å². The summed E-state index contributed by atoms with van der Waals surface area (Å²) in [7, 11) is 0. The molecule has 0 saturated heterocycles. The molecule has 1 aliphatic rings. The van der Waals surface area contributed by atoms with Crippen LogP contribution < -0.4 is 5.32 Å². The number of aryl methyl sites for hydroxylation is 1. The molecule has 2 rings (SSSR count). The zero-order valence-corrected chi connectivity index (χ0v) is 13.1. The number of hydrogen-bond acceptors (Lipinski definition) is 1. The summed E-state index contributed by atoms with van der Waals surface area (Å²) in [5, 5.41) is 4.62. The van der Waals surface area contributed by atoms with Crippen LogP contribution in [0.4, 0.5) is 0 Å². The molecule has 0 bridgehead atoms. The first-order chi connectivity index (χ1) is 9.08. The molecule has 2 unspecified atom stereocenters. The second-order valence-corrected chi connectivity index (χ2v) is 6.69. The van der Waals surface area contributed by atoms with E-state index in [0.29, 0.717) is 6.04 Å². The molecular weight excluding hydrogens is 254 g/mol. The van der Waals surface area contributed by atoms with Crippen molar-refractivity contribution in [2.24, 2.45) is 11.8 Å². The molecule has 106 valence electrons.